The van der Waals surface area contributed by atoms with Crippen molar-refractivity contribution in [2.45, 2.75) is 31.8 Å². The van der Waals surface area contributed by atoms with Gasteiger partial charge in [0.1, 0.15) is 5.75 Å². The highest BCUT2D eigenvalue weighted by atomic mass is 35.5. The molecule has 6 heteroatoms. The van der Waals surface area contributed by atoms with E-state index in [-0.39, 0.29) is 30.3 Å². The van der Waals surface area contributed by atoms with Crippen molar-refractivity contribution >= 4 is 29.9 Å². The van der Waals surface area contributed by atoms with Crippen molar-refractivity contribution < 1.29 is 9.53 Å². The summed E-state index contributed by atoms with van der Waals surface area (Å²) in [5.41, 5.74) is 6.77. The fourth-order valence-corrected chi connectivity index (χ4v) is 2.69. The second-order valence-electron chi connectivity index (χ2n) is 4.96. The molecular weight excluding hydrogens is 299 g/mol. The van der Waals surface area contributed by atoms with Gasteiger partial charge in [0.15, 0.2) is 0 Å². The fourth-order valence-electron chi connectivity index (χ4n) is 2.41. The number of methoxy groups -OCH3 is 1. The number of nitrogens with two attached hydrogens (primary N) is 1. The van der Waals surface area contributed by atoms with Gasteiger partial charge in [0, 0.05) is 18.5 Å². The number of hydrogen-bond acceptors (Lipinski definition) is 3. The first kappa shape index (κ1) is 17.1. The van der Waals surface area contributed by atoms with Crippen LogP contribution in [-0.4, -0.2) is 19.1 Å². The van der Waals surface area contributed by atoms with Crippen LogP contribution in [0.2, 0.25) is 5.02 Å². The van der Waals surface area contributed by atoms with E-state index in [0.717, 1.165) is 24.8 Å². The van der Waals surface area contributed by atoms with E-state index >= 15 is 0 Å². The number of ether oxygens (including phenoxy) is 1. The predicted octanol–water partition coefficient (Wildman–Crippen LogP) is 2.51. The molecule has 1 aliphatic rings. The topological polar surface area (TPSA) is 64.3 Å². The SMILES string of the molecule is COc1ccc(CNC(=O)C2CCC(N)C2)cc1Cl.Cl. The number of benzene rings is 1. The number of amides is 1. The summed E-state index contributed by atoms with van der Waals surface area (Å²) in [6.45, 7) is 0.480. The molecule has 2 rings (SSSR count). The fraction of sp³-hybridized carbons (Fsp3) is 0.500. The van der Waals surface area contributed by atoms with Gasteiger partial charge in [-0.1, -0.05) is 17.7 Å². The first-order valence-electron chi connectivity index (χ1n) is 6.46. The molecule has 1 amide bonds. The lowest BCUT2D eigenvalue weighted by Gasteiger charge is -2.11. The van der Waals surface area contributed by atoms with Gasteiger partial charge < -0.3 is 15.8 Å². The second-order valence-corrected chi connectivity index (χ2v) is 5.36. The zero-order valence-corrected chi connectivity index (χ0v) is 13.0. The molecule has 1 aromatic carbocycles. The molecule has 2 unspecified atom stereocenters. The molecule has 0 radical (unpaired) electrons. The van der Waals surface area contributed by atoms with Crippen LogP contribution >= 0.6 is 24.0 Å². The monoisotopic (exact) mass is 318 g/mol. The largest absolute Gasteiger partial charge is 0.495 e. The Morgan fingerprint density at radius 3 is 2.80 bits per heavy atom. The molecule has 0 bridgehead atoms. The van der Waals surface area contributed by atoms with Gasteiger partial charge in [0.25, 0.3) is 0 Å². The van der Waals surface area contributed by atoms with Gasteiger partial charge in [-0.25, -0.2) is 0 Å². The van der Waals surface area contributed by atoms with Crippen molar-refractivity contribution in [2.75, 3.05) is 7.11 Å². The van der Waals surface area contributed by atoms with Crippen molar-refractivity contribution in [3.05, 3.63) is 28.8 Å². The molecule has 1 fully saturated rings. The molecule has 2 atom stereocenters. The first-order chi connectivity index (χ1) is 9.10. The third-order valence-corrected chi connectivity index (χ3v) is 3.82. The summed E-state index contributed by atoms with van der Waals surface area (Å²) < 4.78 is 5.09. The van der Waals surface area contributed by atoms with Gasteiger partial charge in [0.2, 0.25) is 5.91 Å². The van der Waals surface area contributed by atoms with Gasteiger partial charge in [-0.15, -0.1) is 12.4 Å². The maximum atomic E-state index is 11.9. The number of hydrogen-bond donors (Lipinski definition) is 2. The van der Waals surface area contributed by atoms with E-state index in [1.807, 2.05) is 6.07 Å². The zero-order valence-electron chi connectivity index (χ0n) is 11.4. The average molecular weight is 319 g/mol. The number of carbonyl (C=O) groups excluding carboxylic acids is 1. The van der Waals surface area contributed by atoms with Crippen LogP contribution in [0.25, 0.3) is 0 Å². The minimum Gasteiger partial charge on any atom is -0.495 e. The standard InChI is InChI=1S/C14H19ClN2O2.ClH/c1-19-13-5-2-9(6-12(13)15)8-17-14(18)10-3-4-11(16)7-10;/h2,5-6,10-11H,3-4,7-8,16H2,1H3,(H,17,18);1H. The van der Waals surface area contributed by atoms with E-state index in [1.54, 1.807) is 19.2 Å². The van der Waals surface area contributed by atoms with Crippen molar-refractivity contribution in [1.82, 2.24) is 5.32 Å². The Bertz CT molecular complexity index is 468. The predicted molar refractivity (Wildman–Crippen MR) is 82.4 cm³/mol. The molecule has 1 aromatic rings. The van der Waals surface area contributed by atoms with Crippen LogP contribution in [0.4, 0.5) is 0 Å². The molecule has 1 saturated carbocycles. The zero-order chi connectivity index (χ0) is 13.8. The van der Waals surface area contributed by atoms with E-state index in [9.17, 15) is 4.79 Å². The Balaban J connectivity index is 0.00000200. The number of carbonyl (C=O) groups is 1. The Morgan fingerprint density at radius 1 is 1.50 bits per heavy atom. The van der Waals surface area contributed by atoms with Crippen LogP contribution in [0.3, 0.4) is 0 Å². The molecule has 4 nitrogen and oxygen atoms in total. The summed E-state index contributed by atoms with van der Waals surface area (Å²) in [5.74, 6) is 0.780. The molecule has 1 aliphatic carbocycles. The van der Waals surface area contributed by atoms with Crippen LogP contribution in [0.15, 0.2) is 18.2 Å². The third kappa shape index (κ3) is 4.27. The quantitative estimate of drug-likeness (QED) is 0.896. The lowest BCUT2D eigenvalue weighted by atomic mass is 10.1. The van der Waals surface area contributed by atoms with Crippen LogP contribution in [0.5, 0.6) is 5.75 Å². The molecular formula is C14H20Cl2N2O2. The highest BCUT2D eigenvalue weighted by Crippen LogP contribution is 2.26. The molecule has 3 N–H and O–H groups in total. The highest BCUT2D eigenvalue weighted by Gasteiger charge is 2.27. The third-order valence-electron chi connectivity index (χ3n) is 3.53. The second kappa shape index (κ2) is 7.72. The normalized spacial score (nSPS) is 21.1. The molecule has 0 aliphatic heterocycles. The van der Waals surface area contributed by atoms with Gasteiger partial charge in [-0.05, 0) is 37.0 Å². The minimum atomic E-state index is 0. The summed E-state index contributed by atoms with van der Waals surface area (Å²) >= 11 is 6.04. The van der Waals surface area contributed by atoms with Crippen LogP contribution in [0, 0.1) is 5.92 Å². The average Bonchev–Trinajstić information content (AvgIpc) is 2.83. The molecule has 0 heterocycles. The van der Waals surface area contributed by atoms with E-state index < -0.39 is 0 Å². The summed E-state index contributed by atoms with van der Waals surface area (Å²) in [6, 6.07) is 5.67. The minimum absolute atomic E-state index is 0. The first-order valence-corrected chi connectivity index (χ1v) is 6.83. The van der Waals surface area contributed by atoms with Gasteiger partial charge >= 0.3 is 0 Å². The van der Waals surface area contributed by atoms with Crippen LogP contribution in [-0.2, 0) is 11.3 Å². The van der Waals surface area contributed by atoms with Crippen molar-refractivity contribution in [3.63, 3.8) is 0 Å². The Morgan fingerprint density at radius 2 is 2.25 bits per heavy atom. The lowest BCUT2D eigenvalue weighted by Crippen LogP contribution is -2.29. The van der Waals surface area contributed by atoms with Gasteiger partial charge in [0.05, 0.1) is 12.1 Å². The van der Waals surface area contributed by atoms with E-state index in [1.165, 1.54) is 0 Å². The van der Waals surface area contributed by atoms with Gasteiger partial charge in [-0.3, -0.25) is 4.79 Å². The number of halogens is 2. The maximum Gasteiger partial charge on any atom is 0.223 e. The van der Waals surface area contributed by atoms with Gasteiger partial charge in [-0.2, -0.15) is 0 Å². The molecule has 0 aromatic heterocycles. The maximum absolute atomic E-state index is 11.9. The summed E-state index contributed by atoms with van der Waals surface area (Å²) in [6.07, 6.45) is 2.61. The Labute approximate surface area is 130 Å². The summed E-state index contributed by atoms with van der Waals surface area (Å²) in [4.78, 5) is 11.9. The lowest BCUT2D eigenvalue weighted by molar-refractivity contribution is -0.125. The van der Waals surface area contributed by atoms with E-state index in [0.29, 0.717) is 17.3 Å². The molecule has 112 valence electrons. The Hall–Kier alpha value is -0.970. The van der Waals surface area contributed by atoms with Crippen molar-refractivity contribution in [3.8, 4) is 5.75 Å². The van der Waals surface area contributed by atoms with E-state index in [2.05, 4.69) is 5.32 Å². The number of nitrogens with one attached hydrogen (secondary N) is 1. The summed E-state index contributed by atoms with van der Waals surface area (Å²) in [5, 5.41) is 3.49. The summed E-state index contributed by atoms with van der Waals surface area (Å²) in [7, 11) is 1.58. The smallest absolute Gasteiger partial charge is 0.223 e. The highest BCUT2D eigenvalue weighted by molar-refractivity contribution is 6.32. The Kier molecular flexibility index (Phi) is 6.59. The molecule has 20 heavy (non-hydrogen) atoms. The molecule has 0 spiro atoms. The molecule has 0 saturated heterocycles. The van der Waals surface area contributed by atoms with Crippen LogP contribution < -0.4 is 15.8 Å². The van der Waals surface area contributed by atoms with Crippen molar-refractivity contribution in [2.24, 2.45) is 11.7 Å². The van der Waals surface area contributed by atoms with E-state index in [4.69, 9.17) is 22.1 Å². The van der Waals surface area contributed by atoms with Crippen molar-refractivity contribution in [1.29, 1.82) is 0 Å². The number of rotatable bonds is 4. The van der Waals surface area contributed by atoms with Crippen LogP contribution in [0.1, 0.15) is 24.8 Å².